The van der Waals surface area contributed by atoms with Gasteiger partial charge in [-0.3, -0.25) is 0 Å². The zero-order valence-electron chi connectivity index (χ0n) is 6.94. The topological polar surface area (TPSA) is 80.9 Å². The van der Waals surface area contributed by atoms with Crippen LogP contribution in [0.4, 0.5) is 0 Å². The van der Waals surface area contributed by atoms with Crippen molar-refractivity contribution < 1.29 is 20.4 Å². The monoisotopic (exact) mass is 174 g/mol. The van der Waals surface area contributed by atoms with Crippen molar-refractivity contribution in [3.05, 3.63) is 11.8 Å². The van der Waals surface area contributed by atoms with E-state index < -0.39 is 17.8 Å². The lowest BCUT2D eigenvalue weighted by Crippen LogP contribution is -2.36. The first-order valence-corrected chi connectivity index (χ1v) is 3.94. The van der Waals surface area contributed by atoms with Gasteiger partial charge in [-0.2, -0.15) is 0 Å². The van der Waals surface area contributed by atoms with Gasteiger partial charge in [0.1, 0.15) is 11.9 Å². The van der Waals surface area contributed by atoms with E-state index in [1.165, 1.54) is 13.0 Å². The third-order valence-electron chi connectivity index (χ3n) is 2.17. The fourth-order valence-electron chi connectivity index (χ4n) is 1.32. The smallest absolute Gasteiger partial charge is 0.166 e. The summed E-state index contributed by atoms with van der Waals surface area (Å²) in [5.41, 5.74) is 0. The summed E-state index contributed by atoms with van der Waals surface area (Å²) >= 11 is 0. The minimum absolute atomic E-state index is 0.166. The molecular formula is C8H14O4. The Balaban J connectivity index is 2.73. The molecule has 0 bridgehead atoms. The summed E-state index contributed by atoms with van der Waals surface area (Å²) in [5.74, 6) is -2.48. The Labute approximate surface area is 70.8 Å². The predicted octanol–water partition coefficient (Wildman–Crippen LogP) is -0.1000. The van der Waals surface area contributed by atoms with Crippen molar-refractivity contribution in [2.24, 2.45) is 5.92 Å². The van der Waals surface area contributed by atoms with Gasteiger partial charge in [-0.1, -0.05) is 0 Å². The molecule has 4 heteroatoms. The molecule has 0 aromatic rings. The average Bonchev–Trinajstić information content (AvgIpc) is 1.92. The lowest BCUT2D eigenvalue weighted by molar-refractivity contribution is -0.177. The van der Waals surface area contributed by atoms with Crippen molar-refractivity contribution in [2.45, 2.75) is 31.7 Å². The van der Waals surface area contributed by atoms with Crippen LogP contribution in [-0.2, 0) is 0 Å². The van der Waals surface area contributed by atoms with Gasteiger partial charge in [-0.25, -0.2) is 0 Å². The Morgan fingerprint density at radius 1 is 1.42 bits per heavy atom. The number of hydrogen-bond acceptors (Lipinski definition) is 4. The van der Waals surface area contributed by atoms with E-state index in [0.29, 0.717) is 12.8 Å². The minimum atomic E-state index is -1.81. The molecule has 0 saturated heterocycles. The zero-order chi connectivity index (χ0) is 9.35. The predicted molar refractivity (Wildman–Crippen MR) is 42.3 cm³/mol. The highest BCUT2D eigenvalue weighted by Crippen LogP contribution is 2.28. The van der Waals surface area contributed by atoms with Crippen LogP contribution in [0.1, 0.15) is 19.8 Å². The molecule has 4 nitrogen and oxygen atoms in total. The molecule has 1 rings (SSSR count). The quantitative estimate of drug-likeness (QED) is 0.418. The first kappa shape index (κ1) is 9.51. The molecule has 1 aliphatic rings. The standard InChI is InChI=1S/C8H14O4/c1-8(11,12)5-2-3-6(9)7(10)4-5/h4-6,9-12H,2-3H2,1H3. The van der Waals surface area contributed by atoms with E-state index in [0.717, 1.165) is 0 Å². The summed E-state index contributed by atoms with van der Waals surface area (Å²) in [6.45, 7) is 1.26. The first-order valence-electron chi connectivity index (χ1n) is 3.94. The van der Waals surface area contributed by atoms with Crippen LogP contribution in [0.2, 0.25) is 0 Å². The van der Waals surface area contributed by atoms with E-state index >= 15 is 0 Å². The zero-order valence-corrected chi connectivity index (χ0v) is 6.94. The average molecular weight is 174 g/mol. The molecule has 0 aromatic carbocycles. The number of hydrogen-bond donors (Lipinski definition) is 4. The Bertz CT molecular complexity index is 192. The molecule has 0 aliphatic heterocycles. The molecule has 1 aliphatic carbocycles. The molecule has 0 saturated carbocycles. The van der Waals surface area contributed by atoms with Gasteiger partial charge in [-0.05, 0) is 25.8 Å². The van der Waals surface area contributed by atoms with Gasteiger partial charge in [0.2, 0.25) is 0 Å². The van der Waals surface area contributed by atoms with Crippen LogP contribution in [0.3, 0.4) is 0 Å². The molecule has 2 atom stereocenters. The first-order chi connectivity index (χ1) is 5.41. The van der Waals surface area contributed by atoms with Crippen molar-refractivity contribution in [2.75, 3.05) is 0 Å². The van der Waals surface area contributed by atoms with Gasteiger partial charge in [0.25, 0.3) is 0 Å². The molecule has 70 valence electrons. The number of rotatable bonds is 1. The van der Waals surface area contributed by atoms with Gasteiger partial charge < -0.3 is 20.4 Å². The van der Waals surface area contributed by atoms with Gasteiger partial charge in [0.15, 0.2) is 5.79 Å². The second-order valence-corrected chi connectivity index (χ2v) is 3.39. The lowest BCUT2D eigenvalue weighted by atomic mass is 9.87. The van der Waals surface area contributed by atoms with Crippen LogP contribution >= 0.6 is 0 Å². The van der Waals surface area contributed by atoms with Gasteiger partial charge in [-0.15, -0.1) is 0 Å². The summed E-state index contributed by atoms with van der Waals surface area (Å²) in [6, 6.07) is 0. The fourth-order valence-corrected chi connectivity index (χ4v) is 1.32. The highest BCUT2D eigenvalue weighted by molar-refractivity contribution is 5.07. The summed E-state index contributed by atoms with van der Waals surface area (Å²) in [4.78, 5) is 0. The van der Waals surface area contributed by atoms with Crippen molar-refractivity contribution in [3.63, 3.8) is 0 Å². The van der Waals surface area contributed by atoms with Crippen molar-refractivity contribution in [1.29, 1.82) is 0 Å². The second kappa shape index (κ2) is 3.05. The van der Waals surface area contributed by atoms with Crippen LogP contribution in [0.15, 0.2) is 11.8 Å². The maximum absolute atomic E-state index is 9.16. The molecule has 0 aromatic heterocycles. The Morgan fingerprint density at radius 2 is 2.00 bits per heavy atom. The maximum atomic E-state index is 9.16. The van der Waals surface area contributed by atoms with Crippen molar-refractivity contribution in [1.82, 2.24) is 0 Å². The van der Waals surface area contributed by atoms with E-state index in [1.54, 1.807) is 0 Å². The third-order valence-corrected chi connectivity index (χ3v) is 2.17. The van der Waals surface area contributed by atoms with Crippen molar-refractivity contribution >= 4 is 0 Å². The Hall–Kier alpha value is -0.580. The van der Waals surface area contributed by atoms with Gasteiger partial charge in [0.05, 0.1) is 0 Å². The van der Waals surface area contributed by atoms with E-state index in [-0.39, 0.29) is 5.76 Å². The van der Waals surface area contributed by atoms with Crippen LogP contribution < -0.4 is 0 Å². The van der Waals surface area contributed by atoms with Gasteiger partial charge in [0, 0.05) is 5.92 Å². The van der Waals surface area contributed by atoms with E-state index in [1.807, 2.05) is 0 Å². The molecule has 0 radical (unpaired) electrons. The Morgan fingerprint density at radius 3 is 2.42 bits per heavy atom. The minimum Gasteiger partial charge on any atom is -0.510 e. The molecule has 0 fully saturated rings. The SMILES string of the molecule is CC(O)(O)C1C=C(O)C(O)CC1. The summed E-state index contributed by atoms with van der Waals surface area (Å²) in [5, 5.41) is 36.5. The molecular weight excluding hydrogens is 160 g/mol. The summed E-state index contributed by atoms with van der Waals surface area (Å²) < 4.78 is 0. The van der Waals surface area contributed by atoms with Crippen molar-refractivity contribution in [3.8, 4) is 0 Å². The molecule has 2 unspecified atom stereocenters. The lowest BCUT2D eigenvalue weighted by Gasteiger charge is -2.29. The van der Waals surface area contributed by atoms with E-state index in [9.17, 15) is 0 Å². The van der Waals surface area contributed by atoms with Crippen LogP contribution in [-0.4, -0.2) is 32.3 Å². The molecule has 12 heavy (non-hydrogen) atoms. The molecule has 0 amide bonds. The normalized spacial score (nSPS) is 31.5. The molecule has 0 heterocycles. The highest BCUT2D eigenvalue weighted by atomic mass is 16.5. The van der Waals surface area contributed by atoms with E-state index in [2.05, 4.69) is 0 Å². The molecule has 0 spiro atoms. The largest absolute Gasteiger partial charge is 0.510 e. The van der Waals surface area contributed by atoms with E-state index in [4.69, 9.17) is 20.4 Å². The van der Waals surface area contributed by atoms with Crippen LogP contribution in [0.5, 0.6) is 0 Å². The Kier molecular flexibility index (Phi) is 2.41. The second-order valence-electron chi connectivity index (χ2n) is 3.39. The summed E-state index contributed by atoms with van der Waals surface area (Å²) in [7, 11) is 0. The fraction of sp³-hybridized carbons (Fsp3) is 0.750. The molecule has 4 N–H and O–H groups in total. The van der Waals surface area contributed by atoms with Crippen LogP contribution in [0.25, 0.3) is 0 Å². The number of aliphatic hydroxyl groups is 4. The van der Waals surface area contributed by atoms with Gasteiger partial charge >= 0.3 is 0 Å². The maximum Gasteiger partial charge on any atom is 0.166 e. The third kappa shape index (κ3) is 1.97. The number of aliphatic hydroxyl groups excluding tert-OH is 2. The van der Waals surface area contributed by atoms with Crippen LogP contribution in [0, 0.1) is 5.92 Å². The summed E-state index contributed by atoms with van der Waals surface area (Å²) in [6.07, 6.45) is 1.29. The highest BCUT2D eigenvalue weighted by Gasteiger charge is 2.32.